The van der Waals surface area contributed by atoms with Crippen molar-refractivity contribution in [3.8, 4) is 16.9 Å². The van der Waals surface area contributed by atoms with Gasteiger partial charge in [0.2, 0.25) is 0 Å². The molecule has 3 aromatic carbocycles. The molecule has 0 atom stereocenters. The van der Waals surface area contributed by atoms with E-state index in [0.717, 1.165) is 28.8 Å². The summed E-state index contributed by atoms with van der Waals surface area (Å²) in [6, 6.07) is 25.6. The minimum Gasteiger partial charge on any atom is -0.493 e. The molecule has 4 rings (SSSR count). The second-order valence-electron chi connectivity index (χ2n) is 6.32. The van der Waals surface area contributed by atoms with Crippen LogP contribution in [0.2, 0.25) is 0 Å². The summed E-state index contributed by atoms with van der Waals surface area (Å²) in [5.74, 6) is 0.854. The fourth-order valence-corrected chi connectivity index (χ4v) is 3.13. The van der Waals surface area contributed by atoms with Gasteiger partial charge in [0, 0.05) is 12.1 Å². The van der Waals surface area contributed by atoms with Crippen LogP contribution in [0.15, 0.2) is 90.0 Å². The summed E-state index contributed by atoms with van der Waals surface area (Å²) in [5.41, 5.74) is 2.92. The first-order valence-corrected chi connectivity index (χ1v) is 9.04. The molecule has 0 aliphatic carbocycles. The lowest BCUT2D eigenvalue weighted by atomic mass is 10.1. The Hall–Kier alpha value is -3.40. The van der Waals surface area contributed by atoms with E-state index in [1.54, 1.807) is 10.9 Å². The molecule has 1 heterocycles. The molecule has 0 amide bonds. The standard InChI is InChI=1S/C23H20N2O2/c26-23-20-12-4-6-13-21(20)24-17-25(23)15-8-16-27-22-14-7-5-11-19(22)18-9-2-1-3-10-18/h1-7,9-14,17H,8,15-16H2. The molecular formula is C23H20N2O2. The van der Waals surface area contributed by atoms with Crippen molar-refractivity contribution in [2.24, 2.45) is 0 Å². The number of rotatable bonds is 6. The highest BCUT2D eigenvalue weighted by atomic mass is 16.5. The third kappa shape index (κ3) is 3.75. The van der Waals surface area contributed by atoms with Crippen LogP contribution in [0, 0.1) is 0 Å². The van der Waals surface area contributed by atoms with Crippen LogP contribution in [-0.2, 0) is 6.54 Å². The summed E-state index contributed by atoms with van der Waals surface area (Å²) in [6.45, 7) is 1.10. The number of fused-ring (bicyclic) bond motifs is 1. The van der Waals surface area contributed by atoms with E-state index >= 15 is 0 Å². The van der Waals surface area contributed by atoms with Gasteiger partial charge < -0.3 is 4.74 Å². The second-order valence-corrected chi connectivity index (χ2v) is 6.32. The van der Waals surface area contributed by atoms with Crippen molar-refractivity contribution < 1.29 is 4.74 Å². The zero-order valence-electron chi connectivity index (χ0n) is 14.9. The number of aryl methyl sites for hydroxylation is 1. The van der Waals surface area contributed by atoms with Gasteiger partial charge in [0.25, 0.3) is 5.56 Å². The Morgan fingerprint density at radius 3 is 2.48 bits per heavy atom. The summed E-state index contributed by atoms with van der Waals surface area (Å²) in [4.78, 5) is 16.9. The van der Waals surface area contributed by atoms with Crippen molar-refractivity contribution >= 4 is 10.9 Å². The highest BCUT2D eigenvalue weighted by molar-refractivity contribution is 5.76. The van der Waals surface area contributed by atoms with E-state index < -0.39 is 0 Å². The van der Waals surface area contributed by atoms with E-state index in [0.29, 0.717) is 18.5 Å². The molecule has 0 N–H and O–H groups in total. The van der Waals surface area contributed by atoms with E-state index in [1.165, 1.54) is 0 Å². The van der Waals surface area contributed by atoms with Crippen LogP contribution in [0.5, 0.6) is 5.75 Å². The fourth-order valence-electron chi connectivity index (χ4n) is 3.13. The van der Waals surface area contributed by atoms with E-state index in [4.69, 9.17) is 4.74 Å². The third-order valence-corrected chi connectivity index (χ3v) is 4.50. The number of benzene rings is 3. The maximum atomic E-state index is 12.5. The Bertz CT molecular complexity index is 1100. The Morgan fingerprint density at radius 2 is 1.59 bits per heavy atom. The molecule has 4 heteroatoms. The first-order chi connectivity index (χ1) is 13.3. The molecule has 134 valence electrons. The summed E-state index contributed by atoms with van der Waals surface area (Å²) in [7, 11) is 0. The molecule has 0 radical (unpaired) electrons. The zero-order valence-corrected chi connectivity index (χ0v) is 14.9. The first kappa shape index (κ1) is 17.0. The fraction of sp³-hybridized carbons (Fsp3) is 0.130. The van der Waals surface area contributed by atoms with Crippen molar-refractivity contribution in [1.29, 1.82) is 0 Å². The number of para-hydroxylation sites is 2. The lowest BCUT2D eigenvalue weighted by Gasteiger charge is -2.12. The second kappa shape index (κ2) is 7.87. The number of hydrogen-bond donors (Lipinski definition) is 0. The summed E-state index contributed by atoms with van der Waals surface area (Å²) in [5, 5.41) is 0.648. The predicted molar refractivity (Wildman–Crippen MR) is 108 cm³/mol. The van der Waals surface area contributed by atoms with Gasteiger partial charge in [-0.2, -0.15) is 0 Å². The van der Waals surface area contributed by atoms with Gasteiger partial charge in [-0.25, -0.2) is 4.98 Å². The molecule has 1 aromatic heterocycles. The van der Waals surface area contributed by atoms with Crippen LogP contribution in [0.25, 0.3) is 22.0 Å². The average molecular weight is 356 g/mol. The monoisotopic (exact) mass is 356 g/mol. The lowest BCUT2D eigenvalue weighted by molar-refractivity contribution is 0.302. The Morgan fingerprint density at radius 1 is 0.852 bits per heavy atom. The van der Waals surface area contributed by atoms with E-state index in [9.17, 15) is 4.79 Å². The summed E-state index contributed by atoms with van der Waals surface area (Å²) in [6.07, 6.45) is 2.34. The lowest BCUT2D eigenvalue weighted by Crippen LogP contribution is -2.21. The highest BCUT2D eigenvalue weighted by Crippen LogP contribution is 2.29. The van der Waals surface area contributed by atoms with E-state index in [-0.39, 0.29) is 5.56 Å². The maximum Gasteiger partial charge on any atom is 0.261 e. The van der Waals surface area contributed by atoms with Crippen LogP contribution < -0.4 is 10.3 Å². The first-order valence-electron chi connectivity index (χ1n) is 9.04. The number of aromatic nitrogens is 2. The van der Waals surface area contributed by atoms with Crippen LogP contribution in [0.4, 0.5) is 0 Å². The van der Waals surface area contributed by atoms with Crippen LogP contribution in [-0.4, -0.2) is 16.2 Å². The largest absolute Gasteiger partial charge is 0.493 e. The van der Waals surface area contributed by atoms with Gasteiger partial charge in [-0.3, -0.25) is 9.36 Å². The van der Waals surface area contributed by atoms with Crippen molar-refractivity contribution in [3.05, 3.63) is 95.5 Å². The summed E-state index contributed by atoms with van der Waals surface area (Å²) >= 11 is 0. The highest BCUT2D eigenvalue weighted by Gasteiger charge is 2.06. The number of hydrogen-bond acceptors (Lipinski definition) is 3. The molecule has 0 spiro atoms. The topological polar surface area (TPSA) is 44.1 Å². The molecular weight excluding hydrogens is 336 g/mol. The number of ether oxygens (including phenoxy) is 1. The van der Waals surface area contributed by atoms with Gasteiger partial charge >= 0.3 is 0 Å². The number of nitrogens with zero attached hydrogens (tertiary/aromatic N) is 2. The summed E-state index contributed by atoms with van der Waals surface area (Å²) < 4.78 is 7.65. The van der Waals surface area contributed by atoms with E-state index in [2.05, 4.69) is 23.2 Å². The van der Waals surface area contributed by atoms with Gasteiger partial charge in [-0.1, -0.05) is 60.7 Å². The molecule has 4 aromatic rings. The molecule has 0 bridgehead atoms. The molecule has 4 nitrogen and oxygen atoms in total. The Balaban J connectivity index is 1.43. The molecule has 0 aliphatic heterocycles. The molecule has 0 saturated heterocycles. The molecule has 0 unspecified atom stereocenters. The van der Waals surface area contributed by atoms with Crippen LogP contribution in [0.1, 0.15) is 6.42 Å². The quantitative estimate of drug-likeness (QED) is 0.477. The Kier molecular flexibility index (Phi) is 4.97. The average Bonchev–Trinajstić information content (AvgIpc) is 2.74. The van der Waals surface area contributed by atoms with Crippen LogP contribution >= 0.6 is 0 Å². The van der Waals surface area contributed by atoms with Gasteiger partial charge in [0.05, 0.1) is 23.8 Å². The van der Waals surface area contributed by atoms with Crippen molar-refractivity contribution in [2.75, 3.05) is 6.61 Å². The minimum atomic E-state index is -0.00899. The molecule has 0 fully saturated rings. The maximum absolute atomic E-state index is 12.5. The van der Waals surface area contributed by atoms with Gasteiger partial charge in [-0.15, -0.1) is 0 Å². The molecule has 27 heavy (non-hydrogen) atoms. The van der Waals surface area contributed by atoms with E-state index in [1.807, 2.05) is 60.7 Å². The zero-order chi connectivity index (χ0) is 18.5. The SMILES string of the molecule is O=c1c2ccccc2ncn1CCCOc1ccccc1-c1ccccc1. The normalized spacial score (nSPS) is 10.8. The Labute approximate surface area is 157 Å². The predicted octanol–water partition coefficient (Wildman–Crippen LogP) is 4.53. The van der Waals surface area contributed by atoms with Gasteiger partial charge in [-0.05, 0) is 30.2 Å². The van der Waals surface area contributed by atoms with Crippen molar-refractivity contribution in [3.63, 3.8) is 0 Å². The third-order valence-electron chi connectivity index (χ3n) is 4.50. The van der Waals surface area contributed by atoms with Gasteiger partial charge in [0.1, 0.15) is 5.75 Å². The van der Waals surface area contributed by atoms with Crippen LogP contribution in [0.3, 0.4) is 0 Å². The minimum absolute atomic E-state index is 0.00899. The molecule has 0 aliphatic rings. The van der Waals surface area contributed by atoms with Crippen molar-refractivity contribution in [1.82, 2.24) is 9.55 Å². The molecule has 0 saturated carbocycles. The van der Waals surface area contributed by atoms with Gasteiger partial charge in [0.15, 0.2) is 0 Å². The van der Waals surface area contributed by atoms with Crippen molar-refractivity contribution in [2.45, 2.75) is 13.0 Å². The smallest absolute Gasteiger partial charge is 0.261 e.